The monoisotopic (exact) mass is 254 g/mol. The van der Waals surface area contributed by atoms with Gasteiger partial charge in [-0.3, -0.25) is 4.21 Å². The summed E-state index contributed by atoms with van der Waals surface area (Å²) in [6.07, 6.45) is 2.38. The summed E-state index contributed by atoms with van der Waals surface area (Å²) in [5, 5.41) is 8.14. The Bertz CT molecular complexity index is 306. The van der Waals surface area contributed by atoms with E-state index in [-0.39, 0.29) is 5.75 Å². The number of nitrogens with two attached hydrogens (primary N) is 1. The van der Waals surface area contributed by atoms with Crippen molar-refractivity contribution in [3.8, 4) is 0 Å². The fourth-order valence-electron chi connectivity index (χ4n) is 1.58. The van der Waals surface area contributed by atoms with Crippen LogP contribution in [0, 0.1) is 0 Å². The van der Waals surface area contributed by atoms with Crippen LogP contribution >= 0.6 is 0 Å². The number of rotatable bonds is 5. The van der Waals surface area contributed by atoms with E-state index >= 15 is 0 Å². The second-order valence-corrected chi connectivity index (χ2v) is 7.23. The van der Waals surface area contributed by atoms with Gasteiger partial charge in [-0.1, -0.05) is 0 Å². The number of sulfonamides is 1. The molecule has 0 aromatic rings. The lowest BCUT2D eigenvalue weighted by Crippen LogP contribution is -2.36. The van der Waals surface area contributed by atoms with Crippen LogP contribution in [0.5, 0.6) is 0 Å². The summed E-state index contributed by atoms with van der Waals surface area (Å²) in [5.41, 5.74) is 0. The molecule has 0 atom stereocenters. The van der Waals surface area contributed by atoms with E-state index in [0.717, 1.165) is 24.3 Å². The molecule has 5 nitrogen and oxygen atoms in total. The molecule has 0 amide bonds. The zero-order valence-electron chi connectivity index (χ0n) is 8.65. The largest absolute Gasteiger partial charge is 0.314 e. The second-order valence-electron chi connectivity index (χ2n) is 3.80. The Morgan fingerprint density at radius 1 is 1.33 bits per heavy atom. The molecule has 0 aliphatic carbocycles. The van der Waals surface area contributed by atoms with E-state index in [9.17, 15) is 12.6 Å². The first kappa shape index (κ1) is 13.1. The lowest BCUT2D eigenvalue weighted by atomic mass is 10.1. The number of hydrogen-bond donors (Lipinski definition) is 2. The van der Waals surface area contributed by atoms with Gasteiger partial charge in [-0.15, -0.1) is 0 Å². The van der Waals surface area contributed by atoms with E-state index < -0.39 is 20.8 Å². The number of hydrogen-bond acceptors (Lipinski definition) is 4. The topological polar surface area (TPSA) is 89.3 Å². The van der Waals surface area contributed by atoms with Crippen LogP contribution in [0.1, 0.15) is 19.3 Å². The van der Waals surface area contributed by atoms with Crippen molar-refractivity contribution >= 4 is 20.8 Å². The molecule has 1 saturated heterocycles. The van der Waals surface area contributed by atoms with Gasteiger partial charge in [0.2, 0.25) is 10.0 Å². The molecule has 0 unspecified atom stereocenters. The highest BCUT2D eigenvalue weighted by molar-refractivity contribution is 7.89. The SMILES string of the molecule is NS(=O)(=O)CCCNC1CCS(=O)CC1. The van der Waals surface area contributed by atoms with Crippen LogP contribution < -0.4 is 10.5 Å². The van der Waals surface area contributed by atoms with Crippen LogP contribution in [0.2, 0.25) is 0 Å². The summed E-state index contributed by atoms with van der Waals surface area (Å²) in [6.45, 7) is 0.660. The molecule has 1 rings (SSSR count). The van der Waals surface area contributed by atoms with Crippen LogP contribution in [0.15, 0.2) is 0 Å². The van der Waals surface area contributed by atoms with Crippen molar-refractivity contribution in [1.29, 1.82) is 0 Å². The molecule has 0 bridgehead atoms. The van der Waals surface area contributed by atoms with Gasteiger partial charge >= 0.3 is 0 Å². The van der Waals surface area contributed by atoms with Gasteiger partial charge < -0.3 is 5.32 Å². The molecule has 90 valence electrons. The molecule has 7 heteroatoms. The molecule has 1 aliphatic rings. The molecular formula is C8H18N2O3S2. The molecule has 1 fully saturated rings. The van der Waals surface area contributed by atoms with Crippen LogP contribution in [0.25, 0.3) is 0 Å². The van der Waals surface area contributed by atoms with E-state index in [0.29, 0.717) is 19.0 Å². The van der Waals surface area contributed by atoms with Crippen molar-refractivity contribution in [1.82, 2.24) is 5.32 Å². The predicted molar refractivity (Wildman–Crippen MR) is 61.5 cm³/mol. The van der Waals surface area contributed by atoms with Gasteiger partial charge in [-0.2, -0.15) is 0 Å². The molecule has 1 heterocycles. The van der Waals surface area contributed by atoms with Gasteiger partial charge in [0.15, 0.2) is 0 Å². The molecule has 0 saturated carbocycles. The third-order valence-corrected chi connectivity index (χ3v) is 4.67. The number of primary sulfonamides is 1. The highest BCUT2D eigenvalue weighted by atomic mass is 32.2. The minimum Gasteiger partial charge on any atom is -0.314 e. The quantitative estimate of drug-likeness (QED) is 0.626. The van der Waals surface area contributed by atoms with Gasteiger partial charge in [0.1, 0.15) is 0 Å². The first-order chi connectivity index (χ1) is 6.97. The fourth-order valence-corrected chi connectivity index (χ4v) is 3.42. The highest BCUT2D eigenvalue weighted by Crippen LogP contribution is 2.08. The Kier molecular flexibility index (Phi) is 5.17. The van der Waals surface area contributed by atoms with Crippen molar-refractivity contribution in [3.63, 3.8) is 0 Å². The molecule has 1 aliphatic heterocycles. The van der Waals surface area contributed by atoms with E-state index in [1.807, 2.05) is 0 Å². The number of nitrogens with one attached hydrogen (secondary N) is 1. The first-order valence-electron chi connectivity index (χ1n) is 5.06. The van der Waals surface area contributed by atoms with Crippen molar-refractivity contribution < 1.29 is 12.6 Å². The molecule has 0 aromatic carbocycles. The van der Waals surface area contributed by atoms with Crippen LogP contribution in [-0.4, -0.2) is 42.5 Å². The van der Waals surface area contributed by atoms with E-state index in [1.165, 1.54) is 0 Å². The van der Waals surface area contributed by atoms with Gasteiger partial charge in [-0.25, -0.2) is 13.6 Å². The lowest BCUT2D eigenvalue weighted by molar-refractivity contribution is 0.475. The minimum absolute atomic E-state index is 0.0264. The Morgan fingerprint density at radius 3 is 2.47 bits per heavy atom. The van der Waals surface area contributed by atoms with Crippen LogP contribution in [0.3, 0.4) is 0 Å². The smallest absolute Gasteiger partial charge is 0.209 e. The maximum atomic E-state index is 11.1. The zero-order valence-corrected chi connectivity index (χ0v) is 10.3. The summed E-state index contributed by atoms with van der Waals surface area (Å²) in [7, 11) is -3.96. The van der Waals surface area contributed by atoms with E-state index in [2.05, 4.69) is 5.32 Å². The Balaban J connectivity index is 2.08. The average Bonchev–Trinajstić information content (AvgIpc) is 2.14. The molecule has 0 radical (unpaired) electrons. The summed E-state index contributed by atoms with van der Waals surface area (Å²) in [5.74, 6) is 1.54. The highest BCUT2D eigenvalue weighted by Gasteiger charge is 2.16. The zero-order chi connectivity index (χ0) is 11.3. The standard InChI is InChI=1S/C8H18N2O3S2/c9-15(12,13)7-1-4-10-8-2-5-14(11)6-3-8/h8,10H,1-7H2,(H2,9,12,13). The molecule has 15 heavy (non-hydrogen) atoms. The van der Waals surface area contributed by atoms with Gasteiger partial charge in [0, 0.05) is 28.3 Å². The molecule has 3 N–H and O–H groups in total. The fraction of sp³-hybridized carbons (Fsp3) is 1.00. The molecular weight excluding hydrogens is 236 g/mol. The van der Waals surface area contributed by atoms with Crippen molar-refractivity contribution in [2.75, 3.05) is 23.8 Å². The Hall–Kier alpha value is 0.0200. The first-order valence-corrected chi connectivity index (χ1v) is 8.26. The molecule has 0 spiro atoms. The van der Waals surface area contributed by atoms with Gasteiger partial charge in [0.05, 0.1) is 5.75 Å². The molecule has 0 aromatic heterocycles. The maximum Gasteiger partial charge on any atom is 0.209 e. The van der Waals surface area contributed by atoms with Crippen molar-refractivity contribution in [3.05, 3.63) is 0 Å². The average molecular weight is 254 g/mol. The van der Waals surface area contributed by atoms with Crippen LogP contribution in [-0.2, 0) is 20.8 Å². The summed E-state index contributed by atoms with van der Waals surface area (Å²) < 4.78 is 32.3. The van der Waals surface area contributed by atoms with Crippen molar-refractivity contribution in [2.45, 2.75) is 25.3 Å². The van der Waals surface area contributed by atoms with Gasteiger partial charge in [0.25, 0.3) is 0 Å². The third-order valence-electron chi connectivity index (χ3n) is 2.43. The normalized spacial score (nSPS) is 27.8. The van der Waals surface area contributed by atoms with Gasteiger partial charge in [-0.05, 0) is 25.8 Å². The van der Waals surface area contributed by atoms with E-state index in [1.54, 1.807) is 0 Å². The lowest BCUT2D eigenvalue weighted by Gasteiger charge is -2.22. The summed E-state index contributed by atoms with van der Waals surface area (Å²) >= 11 is 0. The Labute approximate surface area is 93.3 Å². The predicted octanol–water partition coefficient (Wildman–Crippen LogP) is -0.834. The summed E-state index contributed by atoms with van der Waals surface area (Å²) in [4.78, 5) is 0. The van der Waals surface area contributed by atoms with E-state index in [4.69, 9.17) is 5.14 Å². The minimum atomic E-state index is -3.32. The maximum absolute atomic E-state index is 11.1. The van der Waals surface area contributed by atoms with Crippen molar-refractivity contribution in [2.24, 2.45) is 5.14 Å². The second kappa shape index (κ2) is 5.93. The summed E-state index contributed by atoms with van der Waals surface area (Å²) in [6, 6.07) is 0.392. The third kappa shape index (κ3) is 6.24. The Morgan fingerprint density at radius 2 is 1.93 bits per heavy atom. The van der Waals surface area contributed by atoms with Crippen LogP contribution in [0.4, 0.5) is 0 Å².